The van der Waals surface area contributed by atoms with Crippen LogP contribution in [-0.2, 0) is 0 Å². The number of pyridine rings is 1. The highest BCUT2D eigenvalue weighted by molar-refractivity contribution is 5.81. The predicted molar refractivity (Wildman–Crippen MR) is 82.9 cm³/mol. The zero-order valence-corrected chi connectivity index (χ0v) is 11.7. The van der Waals surface area contributed by atoms with Gasteiger partial charge in [0.1, 0.15) is 5.75 Å². The molecule has 0 fully saturated rings. The SMILES string of the molecule is CC(C)Oc1cccc(-c2ccc3ccccc3n2)c1. The second-order valence-electron chi connectivity index (χ2n) is 5.08. The van der Waals surface area contributed by atoms with Gasteiger partial charge in [-0.3, -0.25) is 0 Å². The van der Waals surface area contributed by atoms with E-state index in [-0.39, 0.29) is 6.10 Å². The van der Waals surface area contributed by atoms with Crippen LogP contribution in [0, 0.1) is 0 Å². The first kappa shape index (κ1) is 12.7. The van der Waals surface area contributed by atoms with Crippen molar-refractivity contribution in [3.8, 4) is 17.0 Å². The Hall–Kier alpha value is -2.35. The largest absolute Gasteiger partial charge is 0.491 e. The maximum Gasteiger partial charge on any atom is 0.120 e. The highest BCUT2D eigenvalue weighted by atomic mass is 16.5. The van der Waals surface area contributed by atoms with Gasteiger partial charge in [0.2, 0.25) is 0 Å². The number of hydrogen-bond acceptors (Lipinski definition) is 2. The van der Waals surface area contributed by atoms with Gasteiger partial charge in [0.15, 0.2) is 0 Å². The van der Waals surface area contributed by atoms with Gasteiger partial charge in [-0.25, -0.2) is 4.98 Å². The minimum absolute atomic E-state index is 0.176. The molecule has 100 valence electrons. The molecule has 0 N–H and O–H groups in total. The third-order valence-corrected chi connectivity index (χ3v) is 3.10. The average Bonchev–Trinajstić information content (AvgIpc) is 2.46. The van der Waals surface area contributed by atoms with Gasteiger partial charge >= 0.3 is 0 Å². The lowest BCUT2D eigenvalue weighted by Gasteiger charge is -2.11. The second-order valence-corrected chi connectivity index (χ2v) is 5.08. The topological polar surface area (TPSA) is 22.1 Å². The number of rotatable bonds is 3. The van der Waals surface area contributed by atoms with Gasteiger partial charge in [0.05, 0.1) is 17.3 Å². The van der Waals surface area contributed by atoms with E-state index < -0.39 is 0 Å². The Kier molecular flexibility index (Phi) is 3.38. The number of nitrogens with zero attached hydrogens (tertiary/aromatic N) is 1. The van der Waals surface area contributed by atoms with Crippen molar-refractivity contribution in [1.29, 1.82) is 0 Å². The molecule has 20 heavy (non-hydrogen) atoms. The first-order chi connectivity index (χ1) is 9.72. The van der Waals surface area contributed by atoms with E-state index in [4.69, 9.17) is 9.72 Å². The zero-order chi connectivity index (χ0) is 13.9. The molecule has 3 rings (SSSR count). The Bertz CT molecular complexity index is 734. The maximum atomic E-state index is 5.74. The quantitative estimate of drug-likeness (QED) is 0.684. The van der Waals surface area contributed by atoms with E-state index in [1.807, 2.05) is 50.2 Å². The van der Waals surface area contributed by atoms with E-state index >= 15 is 0 Å². The molecule has 1 aromatic heterocycles. The van der Waals surface area contributed by atoms with Crippen molar-refractivity contribution >= 4 is 10.9 Å². The fourth-order valence-electron chi connectivity index (χ4n) is 2.23. The van der Waals surface area contributed by atoms with Crippen molar-refractivity contribution < 1.29 is 4.74 Å². The lowest BCUT2D eigenvalue weighted by molar-refractivity contribution is 0.242. The van der Waals surface area contributed by atoms with Crippen LogP contribution < -0.4 is 4.74 Å². The molecule has 2 aromatic carbocycles. The molecule has 2 heteroatoms. The molecular weight excluding hydrogens is 246 g/mol. The van der Waals surface area contributed by atoms with Gasteiger partial charge in [-0.05, 0) is 38.1 Å². The van der Waals surface area contributed by atoms with Gasteiger partial charge < -0.3 is 4.74 Å². The van der Waals surface area contributed by atoms with Crippen LogP contribution in [-0.4, -0.2) is 11.1 Å². The van der Waals surface area contributed by atoms with E-state index in [2.05, 4.69) is 24.3 Å². The molecule has 0 radical (unpaired) electrons. The highest BCUT2D eigenvalue weighted by Gasteiger charge is 2.04. The third kappa shape index (κ3) is 2.64. The maximum absolute atomic E-state index is 5.74. The van der Waals surface area contributed by atoms with Crippen LogP contribution in [0.5, 0.6) is 5.75 Å². The van der Waals surface area contributed by atoms with E-state index in [1.54, 1.807) is 0 Å². The molecule has 2 nitrogen and oxygen atoms in total. The zero-order valence-electron chi connectivity index (χ0n) is 11.7. The molecule has 1 heterocycles. The van der Waals surface area contributed by atoms with E-state index in [0.29, 0.717) is 0 Å². The molecule has 0 saturated heterocycles. The molecule has 0 atom stereocenters. The Morgan fingerprint density at radius 2 is 1.75 bits per heavy atom. The van der Waals surface area contributed by atoms with Crippen molar-refractivity contribution in [2.24, 2.45) is 0 Å². The molecule has 0 aliphatic rings. The normalized spacial score (nSPS) is 10.9. The van der Waals surface area contributed by atoms with Crippen LogP contribution in [0.4, 0.5) is 0 Å². The average molecular weight is 263 g/mol. The summed E-state index contributed by atoms with van der Waals surface area (Å²) in [5, 5.41) is 1.16. The van der Waals surface area contributed by atoms with Crippen LogP contribution >= 0.6 is 0 Å². The fraction of sp³-hybridized carbons (Fsp3) is 0.167. The van der Waals surface area contributed by atoms with Crippen molar-refractivity contribution in [1.82, 2.24) is 4.98 Å². The third-order valence-electron chi connectivity index (χ3n) is 3.10. The summed E-state index contributed by atoms with van der Waals surface area (Å²) in [5.74, 6) is 0.882. The van der Waals surface area contributed by atoms with Crippen molar-refractivity contribution in [3.63, 3.8) is 0 Å². The van der Waals surface area contributed by atoms with Gasteiger partial charge in [-0.15, -0.1) is 0 Å². The van der Waals surface area contributed by atoms with Crippen LogP contribution in [0.25, 0.3) is 22.2 Å². The molecule has 0 spiro atoms. The van der Waals surface area contributed by atoms with Crippen LogP contribution in [0.15, 0.2) is 60.7 Å². The summed E-state index contributed by atoms with van der Waals surface area (Å²) in [6.07, 6.45) is 0.176. The van der Waals surface area contributed by atoms with Crippen molar-refractivity contribution in [2.45, 2.75) is 20.0 Å². The fourth-order valence-corrected chi connectivity index (χ4v) is 2.23. The summed E-state index contributed by atoms with van der Waals surface area (Å²) in [7, 11) is 0. The molecule has 0 amide bonds. The molecule has 3 aromatic rings. The second kappa shape index (κ2) is 5.33. The van der Waals surface area contributed by atoms with Gasteiger partial charge in [-0.1, -0.05) is 36.4 Å². The van der Waals surface area contributed by atoms with Gasteiger partial charge in [0.25, 0.3) is 0 Å². The van der Waals surface area contributed by atoms with Crippen LogP contribution in [0.1, 0.15) is 13.8 Å². The lowest BCUT2D eigenvalue weighted by Crippen LogP contribution is -2.05. The summed E-state index contributed by atoms with van der Waals surface area (Å²) in [6.45, 7) is 4.06. The van der Waals surface area contributed by atoms with Crippen LogP contribution in [0.2, 0.25) is 0 Å². The van der Waals surface area contributed by atoms with Gasteiger partial charge in [0, 0.05) is 10.9 Å². The Labute approximate surface area is 119 Å². The van der Waals surface area contributed by atoms with E-state index in [9.17, 15) is 0 Å². The Morgan fingerprint density at radius 1 is 0.900 bits per heavy atom. The first-order valence-electron chi connectivity index (χ1n) is 6.85. The molecule has 0 bridgehead atoms. The van der Waals surface area contributed by atoms with E-state index in [0.717, 1.165) is 27.9 Å². The van der Waals surface area contributed by atoms with E-state index in [1.165, 1.54) is 0 Å². The minimum Gasteiger partial charge on any atom is -0.491 e. The molecule has 0 aliphatic carbocycles. The molecule has 0 unspecified atom stereocenters. The summed E-state index contributed by atoms with van der Waals surface area (Å²) in [4.78, 5) is 4.71. The summed E-state index contributed by atoms with van der Waals surface area (Å²) < 4.78 is 5.74. The van der Waals surface area contributed by atoms with Crippen LogP contribution in [0.3, 0.4) is 0 Å². The Balaban J connectivity index is 2.01. The summed E-state index contributed by atoms with van der Waals surface area (Å²) in [6, 6.07) is 20.4. The number of ether oxygens (including phenoxy) is 1. The first-order valence-corrected chi connectivity index (χ1v) is 6.85. The summed E-state index contributed by atoms with van der Waals surface area (Å²) in [5.41, 5.74) is 3.06. The standard InChI is InChI=1S/C18H17NO/c1-13(2)20-16-8-5-7-15(12-16)18-11-10-14-6-3-4-9-17(14)19-18/h3-13H,1-2H3. The Morgan fingerprint density at radius 3 is 2.60 bits per heavy atom. The molecule has 0 aliphatic heterocycles. The lowest BCUT2D eigenvalue weighted by atomic mass is 10.1. The van der Waals surface area contributed by atoms with Gasteiger partial charge in [-0.2, -0.15) is 0 Å². The number of benzene rings is 2. The molecular formula is C18H17NO. The number of fused-ring (bicyclic) bond motifs is 1. The van der Waals surface area contributed by atoms with Crippen molar-refractivity contribution in [3.05, 3.63) is 60.7 Å². The smallest absolute Gasteiger partial charge is 0.120 e. The minimum atomic E-state index is 0.176. The number of aromatic nitrogens is 1. The number of para-hydroxylation sites is 1. The van der Waals surface area contributed by atoms with Crippen molar-refractivity contribution in [2.75, 3.05) is 0 Å². The predicted octanol–water partition coefficient (Wildman–Crippen LogP) is 4.69. The number of hydrogen-bond donors (Lipinski definition) is 0. The highest BCUT2D eigenvalue weighted by Crippen LogP contribution is 2.25. The summed E-state index contributed by atoms with van der Waals surface area (Å²) >= 11 is 0. The molecule has 0 saturated carbocycles. The monoisotopic (exact) mass is 263 g/mol.